The summed E-state index contributed by atoms with van der Waals surface area (Å²) in [4.78, 5) is 51.3. The third-order valence-electron chi connectivity index (χ3n) is 10.9. The minimum absolute atomic E-state index is 0.0669. The lowest BCUT2D eigenvalue weighted by Gasteiger charge is -2.15. The molecule has 3 aliphatic rings. The smallest absolute Gasteiger partial charge is 0.251 e. The molecule has 1 aliphatic heterocycles. The van der Waals surface area contributed by atoms with E-state index < -0.39 is 11.6 Å². The zero-order valence-electron chi connectivity index (χ0n) is 31.7. The first-order chi connectivity index (χ1) is 27.0. The number of hydrogen-bond acceptors (Lipinski definition) is 6. The van der Waals surface area contributed by atoms with E-state index in [9.17, 15) is 23.6 Å². The Morgan fingerprint density at radius 3 is 1.75 bits per heavy atom. The van der Waals surface area contributed by atoms with Crippen molar-refractivity contribution in [2.24, 2.45) is 5.92 Å². The van der Waals surface area contributed by atoms with Gasteiger partial charge >= 0.3 is 0 Å². The Morgan fingerprint density at radius 2 is 1.21 bits per heavy atom. The van der Waals surface area contributed by atoms with Gasteiger partial charge in [-0.3, -0.25) is 19.2 Å². The van der Waals surface area contributed by atoms with Gasteiger partial charge in [-0.1, -0.05) is 24.3 Å². The van der Waals surface area contributed by atoms with E-state index >= 15 is 4.39 Å². The predicted molar refractivity (Wildman–Crippen MR) is 207 cm³/mol. The molecule has 2 aliphatic carbocycles. The molecule has 0 aromatic heterocycles. The Morgan fingerprint density at radius 1 is 0.679 bits per heavy atom. The van der Waals surface area contributed by atoms with E-state index in [-0.39, 0.29) is 65.0 Å². The van der Waals surface area contributed by atoms with Gasteiger partial charge in [-0.15, -0.1) is 0 Å². The van der Waals surface area contributed by atoms with Gasteiger partial charge in [0.1, 0.15) is 11.6 Å². The number of amides is 4. The zero-order valence-corrected chi connectivity index (χ0v) is 31.7. The third-order valence-corrected chi connectivity index (χ3v) is 10.9. The second-order valence-electron chi connectivity index (χ2n) is 15.0. The van der Waals surface area contributed by atoms with Crippen molar-refractivity contribution in [3.63, 3.8) is 0 Å². The Hall–Kier alpha value is -5.46. The van der Waals surface area contributed by atoms with Crippen molar-refractivity contribution in [1.82, 2.24) is 21.3 Å². The quantitative estimate of drug-likeness (QED) is 0.112. The van der Waals surface area contributed by atoms with Gasteiger partial charge in [-0.25, -0.2) is 8.78 Å². The Balaban J connectivity index is 0.891. The number of nitrogens with one attached hydrogen (secondary N) is 4. The van der Waals surface area contributed by atoms with E-state index in [1.165, 1.54) is 12.1 Å². The molecule has 4 atom stereocenters. The summed E-state index contributed by atoms with van der Waals surface area (Å²) in [5.41, 5.74) is 4.77. The van der Waals surface area contributed by atoms with Gasteiger partial charge in [0.15, 0.2) is 0 Å². The molecule has 3 fully saturated rings. The van der Waals surface area contributed by atoms with Crippen molar-refractivity contribution in [2.75, 3.05) is 26.8 Å². The maximum absolute atomic E-state index is 15.1. The number of halogens is 2. The van der Waals surface area contributed by atoms with E-state index in [1.807, 2.05) is 0 Å². The first-order valence-corrected chi connectivity index (χ1v) is 19.1. The average Bonchev–Trinajstić information content (AvgIpc) is 4.13. The number of carbonyl (C=O) groups excluding carboxylic acids is 4. The van der Waals surface area contributed by atoms with Crippen LogP contribution in [-0.4, -0.2) is 74.7 Å². The summed E-state index contributed by atoms with van der Waals surface area (Å²) in [6.07, 6.45) is 3.93. The van der Waals surface area contributed by atoms with Crippen molar-refractivity contribution in [3.8, 4) is 22.3 Å². The van der Waals surface area contributed by atoms with Crippen LogP contribution in [0.5, 0.6) is 0 Å². The molecule has 292 valence electrons. The first-order valence-electron chi connectivity index (χ1n) is 19.1. The summed E-state index contributed by atoms with van der Waals surface area (Å²) in [5.74, 6) is -1.99. The number of carbonyl (C=O) groups is 4. The molecule has 4 amide bonds. The maximum Gasteiger partial charge on any atom is 0.251 e. The van der Waals surface area contributed by atoms with Crippen LogP contribution in [0, 0.1) is 31.4 Å². The van der Waals surface area contributed by atoms with Crippen LogP contribution in [-0.2, 0) is 9.47 Å². The Bertz CT molecular complexity index is 2140. The zero-order chi connectivity index (χ0) is 39.5. The van der Waals surface area contributed by atoms with Crippen LogP contribution in [0.2, 0.25) is 0 Å². The van der Waals surface area contributed by atoms with Gasteiger partial charge in [0, 0.05) is 60.5 Å². The van der Waals surface area contributed by atoms with Crippen molar-refractivity contribution >= 4 is 23.6 Å². The van der Waals surface area contributed by atoms with Crippen molar-refractivity contribution in [2.45, 2.75) is 70.2 Å². The fraction of sp³-hybridized carbons (Fsp3) is 0.364. The van der Waals surface area contributed by atoms with Gasteiger partial charge in [0.05, 0.1) is 18.8 Å². The van der Waals surface area contributed by atoms with E-state index in [2.05, 4.69) is 21.3 Å². The molecule has 7 rings (SSSR count). The number of hydrogen-bond donors (Lipinski definition) is 4. The Kier molecular flexibility index (Phi) is 11.6. The summed E-state index contributed by atoms with van der Waals surface area (Å²) in [6, 6.07) is 19.6. The number of ether oxygens (including phenoxy) is 2. The van der Waals surface area contributed by atoms with Gasteiger partial charge in [-0.05, 0) is 128 Å². The fourth-order valence-electron chi connectivity index (χ4n) is 7.24. The summed E-state index contributed by atoms with van der Waals surface area (Å²) in [5, 5.41) is 11.7. The molecule has 0 spiro atoms. The van der Waals surface area contributed by atoms with Crippen molar-refractivity contribution in [3.05, 3.63) is 118 Å². The van der Waals surface area contributed by atoms with E-state index in [4.69, 9.17) is 9.47 Å². The summed E-state index contributed by atoms with van der Waals surface area (Å²) < 4.78 is 41.1. The molecule has 56 heavy (non-hydrogen) atoms. The number of rotatable bonds is 14. The highest BCUT2D eigenvalue weighted by Crippen LogP contribution is 2.41. The van der Waals surface area contributed by atoms with E-state index in [0.29, 0.717) is 64.2 Å². The van der Waals surface area contributed by atoms with E-state index in [1.54, 1.807) is 81.6 Å². The summed E-state index contributed by atoms with van der Waals surface area (Å²) in [7, 11) is 1.56. The molecule has 1 heterocycles. The van der Waals surface area contributed by atoms with Gasteiger partial charge < -0.3 is 30.7 Å². The van der Waals surface area contributed by atoms with Crippen LogP contribution >= 0.6 is 0 Å². The van der Waals surface area contributed by atoms with Gasteiger partial charge in [0.25, 0.3) is 23.6 Å². The van der Waals surface area contributed by atoms with Crippen LogP contribution in [0.25, 0.3) is 22.3 Å². The molecule has 0 bridgehead atoms. The third kappa shape index (κ3) is 8.98. The predicted octanol–water partition coefficient (Wildman–Crippen LogP) is 6.28. The van der Waals surface area contributed by atoms with E-state index in [0.717, 1.165) is 32.1 Å². The number of methoxy groups -OCH3 is 1. The monoisotopic (exact) mass is 764 g/mol. The minimum atomic E-state index is -0.494. The average molecular weight is 765 g/mol. The van der Waals surface area contributed by atoms with Gasteiger partial charge in [0.2, 0.25) is 0 Å². The normalized spacial score (nSPS) is 19.9. The van der Waals surface area contributed by atoms with Crippen LogP contribution in [0.4, 0.5) is 8.78 Å². The molecule has 4 aromatic carbocycles. The van der Waals surface area contributed by atoms with Crippen molar-refractivity contribution < 1.29 is 37.4 Å². The molecule has 4 aromatic rings. The topological polar surface area (TPSA) is 135 Å². The van der Waals surface area contributed by atoms with Crippen LogP contribution in [0.1, 0.15) is 84.7 Å². The highest BCUT2D eigenvalue weighted by Gasteiger charge is 2.47. The lowest BCUT2D eigenvalue weighted by atomic mass is 9.96. The van der Waals surface area contributed by atoms with Gasteiger partial charge in [-0.2, -0.15) is 0 Å². The summed E-state index contributed by atoms with van der Waals surface area (Å²) >= 11 is 0. The molecule has 12 heteroatoms. The molecule has 4 unspecified atom stereocenters. The molecule has 0 radical (unpaired) electrons. The van der Waals surface area contributed by atoms with Crippen LogP contribution in [0.3, 0.4) is 0 Å². The molecule has 2 saturated carbocycles. The maximum atomic E-state index is 15.1. The summed E-state index contributed by atoms with van der Waals surface area (Å²) in [6.45, 7) is 4.44. The Labute approximate surface area is 324 Å². The van der Waals surface area contributed by atoms with Crippen molar-refractivity contribution in [1.29, 1.82) is 0 Å². The first kappa shape index (κ1) is 38.8. The molecular formula is C44H46F2N4O6. The second kappa shape index (κ2) is 16.7. The minimum Gasteiger partial charge on any atom is -0.383 e. The van der Waals surface area contributed by atoms with Crippen LogP contribution < -0.4 is 21.3 Å². The number of benzene rings is 4. The SMILES string of the molecule is COCCNC(=O)c1ccc(-c2cc(C(=O)NC3CC3C3CCC(CNC(=O)c4ccc(-c5cc(C(=O)NC6CC6)cc(F)c5C)cc4)O3)cc(F)c2C)cc1. The van der Waals surface area contributed by atoms with Crippen LogP contribution in [0.15, 0.2) is 72.8 Å². The highest BCUT2D eigenvalue weighted by atomic mass is 19.1. The lowest BCUT2D eigenvalue weighted by Crippen LogP contribution is -2.33. The molecule has 4 N–H and O–H groups in total. The fourth-order valence-corrected chi connectivity index (χ4v) is 7.24. The molecule has 1 saturated heterocycles. The highest BCUT2D eigenvalue weighted by molar-refractivity contribution is 5.98. The largest absolute Gasteiger partial charge is 0.383 e. The standard InChI is InChI=1S/C44H46F2N4O6/c1-24-34(18-30(20-37(24)45)43(53)49-32-12-13-32)27-6-10-29(11-7-27)42(52)48-23-33-14-15-40(56-33)36-22-39(36)50-44(54)31-19-35(25(2)38(46)21-31)26-4-8-28(9-5-26)41(51)47-16-17-55-3/h4-11,18-21,32-33,36,39-40H,12-17,22-23H2,1-3H3,(H,47,51)(H,48,52)(H,49,53)(H,50,54). The molecular weight excluding hydrogens is 719 g/mol. The second-order valence-corrected chi connectivity index (χ2v) is 15.0. The molecule has 10 nitrogen and oxygen atoms in total. The lowest BCUT2D eigenvalue weighted by molar-refractivity contribution is 0.0309.